The maximum Gasteiger partial charge on any atom is 0.298 e. The minimum absolute atomic E-state index is 0.174. The lowest BCUT2D eigenvalue weighted by molar-refractivity contribution is 0.207. The van der Waals surface area contributed by atoms with Gasteiger partial charge in [0.1, 0.15) is 0 Å². The normalized spacial score (nSPS) is 13.2. The number of aromatic nitrogens is 3. The van der Waals surface area contributed by atoms with E-state index < -0.39 is 19.9 Å². The Kier molecular flexibility index (Phi) is 2.33. The minimum Gasteiger partial charge on any atom is -0.259 e. The zero-order valence-corrected chi connectivity index (χ0v) is 8.45. The molecule has 0 saturated heterocycles. The second-order valence-corrected chi connectivity index (χ2v) is 5.34. The highest BCUT2D eigenvalue weighted by Gasteiger charge is 2.26. The Morgan fingerprint density at radius 1 is 1.54 bits per heavy atom. The molecule has 0 aromatic carbocycles. The van der Waals surface area contributed by atoms with E-state index in [1.807, 2.05) is 0 Å². The van der Waals surface area contributed by atoms with Crippen molar-refractivity contribution in [1.29, 1.82) is 0 Å². The fourth-order valence-electron chi connectivity index (χ4n) is 0.621. The lowest BCUT2D eigenvalue weighted by atomic mass is 10.2. The number of aromatic amines is 1. The largest absolute Gasteiger partial charge is 0.298 e. The fraction of sp³-hybridized carbons (Fsp3) is 0.600. The molecule has 74 valence electrons. The Labute approximate surface area is 78.7 Å². The van der Waals surface area contributed by atoms with Gasteiger partial charge < -0.3 is 0 Å². The monoisotopic (exact) mass is 227 g/mol. The highest BCUT2D eigenvalue weighted by molar-refractivity contribution is 8.13. The first-order valence-corrected chi connectivity index (χ1v) is 5.58. The topological polar surface area (TPSA) is 75.7 Å². The lowest BCUT2D eigenvalue weighted by Gasteiger charge is -2.07. The summed E-state index contributed by atoms with van der Waals surface area (Å²) in [5.74, 6) is -0.174. The maximum atomic E-state index is 13.2. The Balaban J connectivity index is 3.16. The molecule has 0 unspecified atom stereocenters. The van der Waals surface area contributed by atoms with Crippen molar-refractivity contribution in [1.82, 2.24) is 15.2 Å². The third kappa shape index (κ3) is 2.38. The summed E-state index contributed by atoms with van der Waals surface area (Å²) in [6.45, 7) is 2.44. The third-order valence-corrected chi connectivity index (χ3v) is 2.28. The van der Waals surface area contributed by atoms with E-state index in [9.17, 15) is 12.8 Å². The van der Waals surface area contributed by atoms with Gasteiger partial charge in [-0.3, -0.25) is 5.10 Å². The minimum atomic E-state index is -3.99. The molecule has 13 heavy (non-hydrogen) atoms. The van der Waals surface area contributed by atoms with Crippen molar-refractivity contribution in [2.24, 2.45) is 0 Å². The Morgan fingerprint density at radius 3 is 2.31 bits per heavy atom. The molecular formula is C5H7ClFN3O2S. The van der Waals surface area contributed by atoms with E-state index in [0.717, 1.165) is 0 Å². The first kappa shape index (κ1) is 10.4. The van der Waals surface area contributed by atoms with E-state index in [1.165, 1.54) is 13.8 Å². The van der Waals surface area contributed by atoms with Crippen LogP contribution in [0.25, 0.3) is 0 Å². The van der Waals surface area contributed by atoms with Crippen LogP contribution in [0.3, 0.4) is 0 Å². The number of hydrogen-bond donors (Lipinski definition) is 1. The van der Waals surface area contributed by atoms with Crippen molar-refractivity contribution in [3.63, 3.8) is 0 Å². The van der Waals surface area contributed by atoms with Crippen LogP contribution in [-0.2, 0) is 14.7 Å². The molecule has 0 saturated carbocycles. The quantitative estimate of drug-likeness (QED) is 0.763. The number of hydrogen-bond acceptors (Lipinski definition) is 4. The van der Waals surface area contributed by atoms with Gasteiger partial charge in [0.2, 0.25) is 0 Å². The molecule has 0 amide bonds. The summed E-state index contributed by atoms with van der Waals surface area (Å²) in [5.41, 5.74) is -1.77. The summed E-state index contributed by atoms with van der Waals surface area (Å²) in [6, 6.07) is 0. The number of H-pyrrole nitrogens is 1. The van der Waals surface area contributed by atoms with Crippen molar-refractivity contribution < 1.29 is 12.8 Å². The molecule has 0 aliphatic carbocycles. The Hall–Kier alpha value is -0.690. The van der Waals surface area contributed by atoms with Gasteiger partial charge in [-0.25, -0.2) is 12.8 Å². The van der Waals surface area contributed by atoms with Gasteiger partial charge in [0.15, 0.2) is 11.5 Å². The zero-order chi connectivity index (χ0) is 10.3. The first-order valence-electron chi connectivity index (χ1n) is 3.28. The Bertz CT molecular complexity index is 408. The molecule has 0 aliphatic heterocycles. The molecule has 0 aliphatic rings. The average molecular weight is 228 g/mol. The van der Waals surface area contributed by atoms with Crippen molar-refractivity contribution in [3.8, 4) is 0 Å². The van der Waals surface area contributed by atoms with Crippen LogP contribution >= 0.6 is 10.7 Å². The van der Waals surface area contributed by atoms with Crippen LogP contribution < -0.4 is 0 Å². The van der Waals surface area contributed by atoms with Gasteiger partial charge in [0.25, 0.3) is 14.2 Å². The van der Waals surface area contributed by atoms with Crippen LogP contribution in [0.15, 0.2) is 5.16 Å². The number of nitrogens with zero attached hydrogens (tertiary/aromatic N) is 2. The predicted octanol–water partition coefficient (Wildman–Crippen LogP) is 0.937. The molecule has 5 nitrogen and oxygen atoms in total. The van der Waals surface area contributed by atoms with E-state index in [-0.39, 0.29) is 5.82 Å². The van der Waals surface area contributed by atoms with E-state index >= 15 is 0 Å². The molecule has 0 atom stereocenters. The lowest BCUT2D eigenvalue weighted by Crippen LogP contribution is -2.11. The van der Waals surface area contributed by atoms with Gasteiger partial charge in [-0.15, -0.1) is 5.10 Å². The third-order valence-electron chi connectivity index (χ3n) is 1.25. The van der Waals surface area contributed by atoms with Crippen LogP contribution in [0, 0.1) is 0 Å². The van der Waals surface area contributed by atoms with Crippen molar-refractivity contribution in [2.75, 3.05) is 0 Å². The van der Waals surface area contributed by atoms with Gasteiger partial charge in [0.05, 0.1) is 0 Å². The summed E-state index contributed by atoms with van der Waals surface area (Å²) in [4.78, 5) is 3.39. The van der Waals surface area contributed by atoms with Gasteiger partial charge in [-0.1, -0.05) is 0 Å². The highest BCUT2D eigenvalue weighted by Crippen LogP contribution is 2.21. The van der Waals surface area contributed by atoms with Gasteiger partial charge in [-0.05, 0) is 13.8 Å². The summed E-state index contributed by atoms with van der Waals surface area (Å²) < 4.78 is 34.5. The van der Waals surface area contributed by atoms with E-state index in [0.29, 0.717) is 0 Å². The standard InChI is InChI=1S/C5H7ClFN3O2S/c1-5(2,7)3-8-4(10-9-3)13(6,11)12/h1-2H3,(H,8,9,10). The molecule has 1 heterocycles. The van der Waals surface area contributed by atoms with Crippen molar-refractivity contribution >= 4 is 19.7 Å². The van der Waals surface area contributed by atoms with Crippen LogP contribution in [0.5, 0.6) is 0 Å². The smallest absolute Gasteiger partial charge is 0.259 e. The van der Waals surface area contributed by atoms with Crippen LogP contribution in [-0.4, -0.2) is 23.6 Å². The molecule has 8 heteroatoms. The summed E-state index contributed by atoms with van der Waals surface area (Å²) >= 11 is 0. The number of alkyl halides is 1. The summed E-state index contributed by atoms with van der Waals surface area (Å²) in [7, 11) is 0.937. The predicted molar refractivity (Wildman–Crippen MR) is 43.6 cm³/mol. The van der Waals surface area contributed by atoms with E-state index in [4.69, 9.17) is 10.7 Å². The molecule has 1 aromatic rings. The maximum absolute atomic E-state index is 13.2. The highest BCUT2D eigenvalue weighted by atomic mass is 35.7. The van der Waals surface area contributed by atoms with Crippen LogP contribution in [0.1, 0.15) is 19.7 Å². The summed E-state index contributed by atoms with van der Waals surface area (Å²) in [6.07, 6.45) is 0. The first-order chi connectivity index (χ1) is 5.71. The zero-order valence-electron chi connectivity index (χ0n) is 6.88. The average Bonchev–Trinajstić information content (AvgIpc) is 2.28. The molecule has 0 spiro atoms. The van der Waals surface area contributed by atoms with Crippen LogP contribution in [0.4, 0.5) is 4.39 Å². The molecule has 1 rings (SSSR count). The molecule has 1 N–H and O–H groups in total. The van der Waals surface area contributed by atoms with Gasteiger partial charge in [-0.2, -0.15) is 4.98 Å². The second-order valence-electron chi connectivity index (χ2n) is 2.88. The second kappa shape index (κ2) is 2.91. The summed E-state index contributed by atoms with van der Waals surface area (Å²) in [5, 5.41) is 4.79. The van der Waals surface area contributed by atoms with Crippen LogP contribution in [0.2, 0.25) is 0 Å². The molecule has 0 fully saturated rings. The Morgan fingerprint density at radius 2 is 2.08 bits per heavy atom. The van der Waals surface area contributed by atoms with Gasteiger partial charge >= 0.3 is 0 Å². The molecule has 1 aromatic heterocycles. The number of nitrogens with one attached hydrogen (secondary N) is 1. The molecular weight excluding hydrogens is 221 g/mol. The number of rotatable bonds is 2. The SMILES string of the molecule is CC(C)(F)c1nc(S(=O)(=O)Cl)n[nH]1. The van der Waals surface area contributed by atoms with Gasteiger partial charge in [0, 0.05) is 10.7 Å². The van der Waals surface area contributed by atoms with Crippen molar-refractivity contribution in [3.05, 3.63) is 5.82 Å². The van der Waals surface area contributed by atoms with E-state index in [2.05, 4.69) is 15.2 Å². The number of halogens is 2. The molecule has 0 radical (unpaired) electrons. The van der Waals surface area contributed by atoms with E-state index in [1.54, 1.807) is 0 Å². The molecule has 0 bridgehead atoms. The fourth-order valence-corrected chi connectivity index (χ4v) is 1.18. The van der Waals surface area contributed by atoms with Crippen molar-refractivity contribution in [2.45, 2.75) is 24.7 Å².